The highest BCUT2D eigenvalue weighted by atomic mass is 16.5. The van der Waals surface area contributed by atoms with Crippen molar-refractivity contribution in [1.29, 1.82) is 0 Å². The van der Waals surface area contributed by atoms with Crippen molar-refractivity contribution in [3.8, 4) is 11.5 Å². The molecule has 1 aromatic rings. The van der Waals surface area contributed by atoms with Crippen LogP contribution in [-0.2, 0) is 16.6 Å². The van der Waals surface area contributed by atoms with Gasteiger partial charge < -0.3 is 14.4 Å². The van der Waals surface area contributed by atoms with E-state index in [1.165, 1.54) is 5.56 Å². The maximum Gasteiger partial charge on any atom is 0.174 e. The average molecular weight is 302 g/mol. The minimum atomic E-state index is -2.53. The van der Waals surface area contributed by atoms with Crippen LogP contribution < -0.4 is 9.47 Å². The second-order valence-corrected chi connectivity index (χ2v) is 7.18. The Labute approximate surface area is 134 Å². The minimum Gasteiger partial charge on any atom is -0.493 e. The molecule has 1 unspecified atom stereocenters. The molecule has 2 heterocycles. The van der Waals surface area contributed by atoms with Gasteiger partial charge >= 0.3 is 0 Å². The van der Waals surface area contributed by atoms with Crippen molar-refractivity contribution in [1.82, 2.24) is 4.90 Å². The molecule has 4 aliphatic rings. The molecule has 0 radical (unpaired) electrons. The van der Waals surface area contributed by atoms with Crippen LogP contribution in [0.3, 0.4) is 0 Å². The third kappa shape index (κ3) is 1.27. The molecule has 1 spiro atoms. The van der Waals surface area contributed by atoms with Gasteiger partial charge in [0.1, 0.15) is 0 Å². The Balaban J connectivity index is 1.73. The Hall–Kier alpha value is -1.55. The Kier molecular flexibility index (Phi) is 1.89. The van der Waals surface area contributed by atoms with E-state index in [0.29, 0.717) is 24.1 Å². The molecular formula is C18H21NO3. The number of rotatable bonds is 1. The molecule has 0 aromatic heterocycles. The number of ether oxygens (including phenoxy) is 2. The molecule has 1 saturated heterocycles. The lowest BCUT2D eigenvalue weighted by atomic mass is 9.52. The number of methoxy groups -OCH3 is 1. The van der Waals surface area contributed by atoms with E-state index in [1.54, 1.807) is 6.07 Å². The fourth-order valence-electron chi connectivity index (χ4n) is 5.59. The second-order valence-electron chi connectivity index (χ2n) is 7.18. The lowest BCUT2D eigenvalue weighted by molar-refractivity contribution is -0.138. The highest BCUT2D eigenvalue weighted by molar-refractivity contribution is 5.89. The number of ketones is 1. The summed E-state index contributed by atoms with van der Waals surface area (Å²) < 4.78 is 33.6. The third-order valence-electron chi connectivity index (χ3n) is 6.48. The zero-order valence-electron chi connectivity index (χ0n) is 15.6. The van der Waals surface area contributed by atoms with Crippen molar-refractivity contribution in [2.24, 2.45) is 5.92 Å². The van der Waals surface area contributed by atoms with Crippen LogP contribution >= 0.6 is 0 Å². The maximum atomic E-state index is 12.7. The van der Waals surface area contributed by atoms with E-state index in [2.05, 4.69) is 11.9 Å². The van der Waals surface area contributed by atoms with E-state index in [0.717, 1.165) is 31.4 Å². The number of carbonyl (C=O) groups is 1. The molecule has 5 rings (SSSR count). The van der Waals surface area contributed by atoms with Gasteiger partial charge in [-0.25, -0.2) is 0 Å². The van der Waals surface area contributed by atoms with Crippen LogP contribution in [0.2, 0.25) is 0 Å². The molecular weight excluding hydrogens is 278 g/mol. The van der Waals surface area contributed by atoms with Crippen LogP contribution in [0.4, 0.5) is 0 Å². The number of hydrogen-bond donors (Lipinski definition) is 0. The summed E-state index contributed by atoms with van der Waals surface area (Å²) >= 11 is 0. The molecule has 2 aliphatic heterocycles. The summed E-state index contributed by atoms with van der Waals surface area (Å²) in [7, 11) is -0.371. The minimum absolute atomic E-state index is 0.142. The van der Waals surface area contributed by atoms with Crippen molar-refractivity contribution < 1.29 is 18.4 Å². The van der Waals surface area contributed by atoms with E-state index in [9.17, 15) is 4.79 Å². The lowest BCUT2D eigenvalue weighted by Gasteiger charge is -2.57. The van der Waals surface area contributed by atoms with E-state index in [1.807, 2.05) is 6.07 Å². The molecule has 2 bridgehead atoms. The number of piperidine rings is 1. The molecule has 2 aliphatic carbocycles. The number of hydrogen-bond acceptors (Lipinski definition) is 4. The summed E-state index contributed by atoms with van der Waals surface area (Å²) in [5, 5.41) is 0. The van der Waals surface area contributed by atoms with Gasteiger partial charge in [0.25, 0.3) is 0 Å². The summed E-state index contributed by atoms with van der Waals surface area (Å²) in [5.74, 6) is 1.27. The fraction of sp³-hybridized carbons (Fsp3) is 0.611. The number of nitrogens with zero attached hydrogens (tertiary/aromatic N) is 1. The van der Waals surface area contributed by atoms with Crippen LogP contribution in [-0.4, -0.2) is 43.5 Å². The van der Waals surface area contributed by atoms with Gasteiger partial charge in [0, 0.05) is 23.4 Å². The van der Waals surface area contributed by atoms with Gasteiger partial charge in [-0.15, -0.1) is 0 Å². The Bertz CT molecular complexity index is 778. The van der Waals surface area contributed by atoms with Crippen LogP contribution in [0.5, 0.6) is 11.5 Å². The number of carbonyl (C=O) groups excluding carboxylic acids is 1. The Morgan fingerprint density at radius 3 is 3.27 bits per heavy atom. The number of Topliss-reactive ketones (excluding diaryl/α,β-unsaturated/α-hetero) is 1. The van der Waals surface area contributed by atoms with Crippen LogP contribution in [0, 0.1) is 5.92 Å². The normalized spacial score (nSPS) is 41.0. The van der Waals surface area contributed by atoms with Crippen LogP contribution in [0.15, 0.2) is 12.1 Å². The Morgan fingerprint density at radius 2 is 2.41 bits per heavy atom. The highest BCUT2D eigenvalue weighted by Gasteiger charge is 2.65. The molecule has 4 heteroatoms. The number of likely N-dealkylation sites (tertiary alicyclic amines) is 1. The summed E-state index contributed by atoms with van der Waals surface area (Å²) in [5.41, 5.74) is 1.93. The zero-order valence-corrected chi connectivity index (χ0v) is 12.6. The molecule has 4 atom stereocenters. The van der Waals surface area contributed by atoms with Crippen molar-refractivity contribution in [2.75, 3.05) is 20.6 Å². The first-order valence-corrected chi connectivity index (χ1v) is 8.06. The lowest BCUT2D eigenvalue weighted by Crippen LogP contribution is -2.65. The predicted octanol–water partition coefficient (Wildman–Crippen LogP) is 1.93. The van der Waals surface area contributed by atoms with Gasteiger partial charge in [0.2, 0.25) is 0 Å². The van der Waals surface area contributed by atoms with Crippen molar-refractivity contribution in [2.45, 2.75) is 43.2 Å². The van der Waals surface area contributed by atoms with E-state index in [4.69, 9.17) is 13.6 Å². The SMILES string of the molecule is [2H]C([2H])([2H])Oc1ccc2c3c1OC1C(=O)CC[C@H]4[C@@H](C2)N(C)CC[C@]314. The first-order valence-electron chi connectivity index (χ1n) is 9.56. The quantitative estimate of drug-likeness (QED) is 0.794. The average Bonchev–Trinajstić information content (AvgIpc) is 2.88. The van der Waals surface area contributed by atoms with E-state index < -0.39 is 13.1 Å². The molecule has 0 N–H and O–H groups in total. The Morgan fingerprint density at radius 1 is 1.50 bits per heavy atom. The van der Waals surface area contributed by atoms with Gasteiger partial charge in [0.05, 0.1) is 11.2 Å². The highest BCUT2D eigenvalue weighted by Crippen LogP contribution is 2.62. The summed E-state index contributed by atoms with van der Waals surface area (Å²) in [4.78, 5) is 15.1. The van der Waals surface area contributed by atoms with Gasteiger partial charge in [-0.1, -0.05) is 6.07 Å². The van der Waals surface area contributed by atoms with Gasteiger partial charge in [0.15, 0.2) is 23.4 Å². The molecule has 22 heavy (non-hydrogen) atoms. The monoisotopic (exact) mass is 302 g/mol. The second kappa shape index (κ2) is 4.05. The number of likely N-dealkylation sites (N-methyl/N-ethyl adjacent to an activating group) is 1. The maximum absolute atomic E-state index is 12.7. The van der Waals surface area contributed by atoms with Crippen molar-refractivity contribution in [3.05, 3.63) is 23.3 Å². The first-order chi connectivity index (χ1) is 11.8. The molecule has 116 valence electrons. The van der Waals surface area contributed by atoms with Gasteiger partial charge in [-0.05, 0) is 50.4 Å². The summed E-state index contributed by atoms with van der Waals surface area (Å²) in [6.07, 6.45) is 2.73. The van der Waals surface area contributed by atoms with Gasteiger partial charge in [-0.2, -0.15) is 0 Å². The molecule has 4 nitrogen and oxygen atoms in total. The van der Waals surface area contributed by atoms with Gasteiger partial charge in [-0.3, -0.25) is 4.79 Å². The van der Waals surface area contributed by atoms with Crippen molar-refractivity contribution in [3.63, 3.8) is 0 Å². The smallest absolute Gasteiger partial charge is 0.174 e. The van der Waals surface area contributed by atoms with E-state index >= 15 is 0 Å². The third-order valence-corrected chi connectivity index (χ3v) is 6.48. The molecule has 2 fully saturated rings. The summed E-state index contributed by atoms with van der Waals surface area (Å²) in [6.45, 7) is 0.928. The fourth-order valence-corrected chi connectivity index (χ4v) is 5.59. The molecule has 1 aromatic carbocycles. The largest absolute Gasteiger partial charge is 0.493 e. The van der Waals surface area contributed by atoms with Crippen LogP contribution in [0.25, 0.3) is 0 Å². The van der Waals surface area contributed by atoms with Crippen molar-refractivity contribution >= 4 is 5.78 Å². The predicted molar refractivity (Wildman–Crippen MR) is 81.6 cm³/mol. The number of benzene rings is 1. The molecule has 1 saturated carbocycles. The molecule has 0 amide bonds. The summed E-state index contributed by atoms with van der Waals surface area (Å²) in [6, 6.07) is 4.07. The topological polar surface area (TPSA) is 38.8 Å². The zero-order chi connectivity index (χ0) is 17.6. The first kappa shape index (κ1) is 10.3. The van der Waals surface area contributed by atoms with E-state index in [-0.39, 0.29) is 16.9 Å². The van der Waals surface area contributed by atoms with Crippen LogP contribution in [0.1, 0.15) is 34.5 Å². The standard InChI is InChI=1S/C18H21NO3/c1-19-8-7-18-11-4-5-13(20)17(18)22-16-14(21-2)6-3-10(15(16)18)9-12(11)19/h3,6,11-12,17H,4-5,7-9H2,1-2H3/t11-,12+,17?,18-/m0/s1/i2D3.